The summed E-state index contributed by atoms with van der Waals surface area (Å²) in [6, 6.07) is 20.2. The fourth-order valence-electron chi connectivity index (χ4n) is 4.05. The second-order valence-electron chi connectivity index (χ2n) is 8.23. The fourth-order valence-corrected chi connectivity index (χ4v) is 5.78. The molecule has 1 aromatic heterocycles. The molecule has 5 rings (SSSR count). The van der Waals surface area contributed by atoms with Gasteiger partial charge in [-0.05, 0) is 64.1 Å². The van der Waals surface area contributed by atoms with Gasteiger partial charge in [-0.2, -0.15) is 0 Å². The Morgan fingerprint density at radius 1 is 0.973 bits per heavy atom. The molecule has 0 unspecified atom stereocenters. The number of hydrogen-bond acceptors (Lipinski definition) is 4. The van der Waals surface area contributed by atoms with E-state index >= 15 is 0 Å². The van der Waals surface area contributed by atoms with Crippen molar-refractivity contribution < 1.29 is 14.4 Å². The Hall–Kier alpha value is -3.04. The average Bonchev–Trinajstić information content (AvgIpc) is 3.35. The first kappa shape index (κ1) is 25.6. The van der Waals surface area contributed by atoms with E-state index in [4.69, 9.17) is 23.2 Å². The van der Waals surface area contributed by atoms with Gasteiger partial charge in [-0.3, -0.25) is 19.3 Å². The van der Waals surface area contributed by atoms with Crippen molar-refractivity contribution in [1.82, 2.24) is 9.47 Å². The molecule has 1 N–H and O–H groups in total. The van der Waals surface area contributed by atoms with Crippen LogP contribution in [0.15, 0.2) is 82.3 Å². The smallest absolute Gasteiger partial charge is 0.294 e. The van der Waals surface area contributed by atoms with E-state index in [9.17, 15) is 14.4 Å². The Balaban J connectivity index is 1.40. The highest BCUT2D eigenvalue weighted by Crippen LogP contribution is 2.35. The van der Waals surface area contributed by atoms with Gasteiger partial charge in [-0.15, -0.1) is 0 Å². The average molecular weight is 615 g/mol. The molecule has 10 heteroatoms. The molecule has 37 heavy (non-hydrogen) atoms. The highest BCUT2D eigenvalue weighted by molar-refractivity contribution is 9.10. The van der Waals surface area contributed by atoms with Crippen molar-refractivity contribution in [3.05, 3.63) is 103 Å². The summed E-state index contributed by atoms with van der Waals surface area (Å²) in [5.74, 6) is -0.980. The highest BCUT2D eigenvalue weighted by Gasteiger charge is 2.36. The number of thioether (sulfide) groups is 1. The number of benzene rings is 3. The van der Waals surface area contributed by atoms with Gasteiger partial charge in [-0.1, -0.05) is 59.6 Å². The summed E-state index contributed by atoms with van der Waals surface area (Å²) in [6.07, 6.45) is 3.58. The fraction of sp³-hybridized carbons (Fsp3) is 0.0741. The normalized spacial score (nSPS) is 14.7. The molecule has 6 nitrogen and oxygen atoms in total. The number of amides is 3. The third-order valence-electron chi connectivity index (χ3n) is 5.82. The molecule has 1 aliphatic rings. The van der Waals surface area contributed by atoms with Crippen molar-refractivity contribution >= 4 is 90.6 Å². The van der Waals surface area contributed by atoms with E-state index in [1.807, 2.05) is 41.1 Å². The molecule has 1 aliphatic heterocycles. The molecule has 0 atom stereocenters. The van der Waals surface area contributed by atoms with E-state index in [-0.39, 0.29) is 11.4 Å². The number of carbonyl (C=O) groups excluding carboxylic acids is 3. The lowest BCUT2D eigenvalue weighted by Gasteiger charge is -2.13. The van der Waals surface area contributed by atoms with Crippen LogP contribution in [0.5, 0.6) is 0 Å². The van der Waals surface area contributed by atoms with Crippen LogP contribution in [0.4, 0.5) is 10.5 Å². The van der Waals surface area contributed by atoms with Crippen LogP contribution in [0.1, 0.15) is 11.1 Å². The van der Waals surface area contributed by atoms with Crippen LogP contribution in [0, 0.1) is 0 Å². The molecule has 0 aliphatic carbocycles. The molecule has 0 spiro atoms. The third-order valence-corrected chi connectivity index (χ3v) is 8.13. The monoisotopic (exact) mass is 613 g/mol. The lowest BCUT2D eigenvalue weighted by molar-refractivity contribution is -0.127. The number of carbonyl (C=O) groups is 3. The van der Waals surface area contributed by atoms with Crippen LogP contribution in [0.3, 0.4) is 0 Å². The van der Waals surface area contributed by atoms with Gasteiger partial charge in [0.05, 0.1) is 17.1 Å². The molecule has 4 aromatic rings. The van der Waals surface area contributed by atoms with Crippen LogP contribution in [0.25, 0.3) is 17.0 Å². The first-order valence-electron chi connectivity index (χ1n) is 11.1. The van der Waals surface area contributed by atoms with Gasteiger partial charge in [0.25, 0.3) is 11.1 Å². The van der Waals surface area contributed by atoms with Crippen LogP contribution >= 0.6 is 50.9 Å². The number of imide groups is 1. The molecule has 2 heterocycles. The number of para-hydroxylation sites is 2. The first-order chi connectivity index (χ1) is 17.8. The zero-order chi connectivity index (χ0) is 26.1. The van der Waals surface area contributed by atoms with Gasteiger partial charge < -0.3 is 9.88 Å². The van der Waals surface area contributed by atoms with Gasteiger partial charge in [0, 0.05) is 42.7 Å². The molecule has 1 saturated heterocycles. The Bertz CT molecular complexity index is 1580. The van der Waals surface area contributed by atoms with Crippen LogP contribution in [0.2, 0.25) is 10.0 Å². The standard InChI is InChI=1S/C27H18BrCl2N3O3S/c28-19-7-2-3-10-22(19)31-25(34)15-33-26(35)24(37-27(33)36)12-16-13-32(23-11-4-1-6-17(16)23)14-18-20(29)8-5-9-21(18)30/h1-13H,14-15H2,(H,31,34)/b24-12-. The van der Waals surface area contributed by atoms with E-state index in [0.717, 1.165) is 38.7 Å². The molecular formula is C27H18BrCl2N3O3S. The van der Waals surface area contributed by atoms with E-state index in [1.165, 1.54) is 0 Å². The Morgan fingerprint density at radius 2 is 1.68 bits per heavy atom. The quantitative estimate of drug-likeness (QED) is 0.229. The summed E-state index contributed by atoms with van der Waals surface area (Å²) in [5.41, 5.74) is 3.04. The molecule has 0 bridgehead atoms. The number of fused-ring (bicyclic) bond motifs is 1. The Labute approximate surface area is 235 Å². The second-order valence-corrected chi connectivity index (χ2v) is 10.9. The van der Waals surface area contributed by atoms with Crippen LogP contribution < -0.4 is 5.32 Å². The summed E-state index contributed by atoms with van der Waals surface area (Å²) in [6.45, 7) is 0.0552. The molecule has 186 valence electrons. The molecule has 0 radical (unpaired) electrons. The number of anilines is 1. The van der Waals surface area contributed by atoms with Crippen LogP contribution in [-0.4, -0.2) is 33.1 Å². The molecule has 1 fully saturated rings. The van der Waals surface area contributed by atoms with Crippen molar-refractivity contribution in [3.8, 4) is 0 Å². The summed E-state index contributed by atoms with van der Waals surface area (Å²) in [4.78, 5) is 39.5. The minimum atomic E-state index is -0.511. The van der Waals surface area contributed by atoms with Crippen molar-refractivity contribution in [3.63, 3.8) is 0 Å². The van der Waals surface area contributed by atoms with E-state index in [2.05, 4.69) is 21.2 Å². The van der Waals surface area contributed by atoms with E-state index in [1.54, 1.807) is 42.5 Å². The molecular weight excluding hydrogens is 597 g/mol. The van der Waals surface area contributed by atoms with E-state index < -0.39 is 17.1 Å². The van der Waals surface area contributed by atoms with Crippen molar-refractivity contribution in [2.45, 2.75) is 6.54 Å². The zero-order valence-electron chi connectivity index (χ0n) is 19.1. The molecule has 3 aromatic carbocycles. The topological polar surface area (TPSA) is 71.4 Å². The third kappa shape index (κ3) is 5.33. The van der Waals surface area contributed by atoms with Crippen LogP contribution in [-0.2, 0) is 16.1 Å². The lowest BCUT2D eigenvalue weighted by atomic mass is 10.1. The molecule has 0 saturated carbocycles. The SMILES string of the molecule is O=C(CN1C(=O)S/C(=C\c2cn(Cc3c(Cl)cccc3Cl)c3ccccc23)C1=O)Nc1ccccc1Br. The predicted octanol–water partition coefficient (Wildman–Crippen LogP) is 7.43. The van der Waals surface area contributed by atoms with Gasteiger partial charge in [-0.25, -0.2) is 0 Å². The van der Waals surface area contributed by atoms with Gasteiger partial charge in [0.1, 0.15) is 6.54 Å². The maximum absolute atomic E-state index is 13.1. The van der Waals surface area contributed by atoms with Crippen molar-refractivity contribution in [1.29, 1.82) is 0 Å². The number of halogens is 3. The minimum absolute atomic E-state index is 0.248. The Kier molecular flexibility index (Phi) is 7.44. The first-order valence-corrected chi connectivity index (χ1v) is 13.5. The highest BCUT2D eigenvalue weighted by atomic mass is 79.9. The minimum Gasteiger partial charge on any atom is -0.342 e. The number of nitrogens with one attached hydrogen (secondary N) is 1. The number of hydrogen-bond donors (Lipinski definition) is 1. The largest absolute Gasteiger partial charge is 0.342 e. The summed E-state index contributed by atoms with van der Waals surface area (Å²) in [5, 5.41) is 4.26. The maximum atomic E-state index is 13.1. The van der Waals surface area contributed by atoms with Crippen molar-refractivity contribution in [2.24, 2.45) is 0 Å². The van der Waals surface area contributed by atoms with Gasteiger partial charge in [0.15, 0.2) is 0 Å². The van der Waals surface area contributed by atoms with Gasteiger partial charge >= 0.3 is 0 Å². The van der Waals surface area contributed by atoms with E-state index in [0.29, 0.717) is 26.8 Å². The summed E-state index contributed by atoms with van der Waals surface area (Å²) < 4.78 is 2.70. The zero-order valence-corrected chi connectivity index (χ0v) is 23.0. The molecule has 3 amide bonds. The lowest BCUT2D eigenvalue weighted by Crippen LogP contribution is -2.36. The van der Waals surface area contributed by atoms with Crippen molar-refractivity contribution in [2.75, 3.05) is 11.9 Å². The van der Waals surface area contributed by atoms with Gasteiger partial charge in [0.2, 0.25) is 5.91 Å². The summed E-state index contributed by atoms with van der Waals surface area (Å²) in [7, 11) is 0. The number of nitrogens with zero attached hydrogens (tertiary/aromatic N) is 2. The summed E-state index contributed by atoms with van der Waals surface area (Å²) >= 11 is 17.0. The number of rotatable bonds is 6. The Morgan fingerprint density at radius 3 is 2.43 bits per heavy atom. The number of aromatic nitrogens is 1. The maximum Gasteiger partial charge on any atom is 0.294 e. The predicted molar refractivity (Wildman–Crippen MR) is 153 cm³/mol. The second kappa shape index (κ2) is 10.8.